The largest absolute Gasteiger partial charge is 0.505 e. The molecule has 9 aromatic heterocycles. The summed E-state index contributed by atoms with van der Waals surface area (Å²) in [6.45, 7) is 42.6. The van der Waals surface area contributed by atoms with Crippen LogP contribution in [-0.2, 0) is 0 Å². The molecule has 0 aliphatic carbocycles. The van der Waals surface area contributed by atoms with Crippen LogP contribution in [0.5, 0.6) is 23.0 Å². The molecule has 45 heteroatoms. The Hall–Kier alpha value is -22.9. The summed E-state index contributed by atoms with van der Waals surface area (Å²) in [7, 11) is 0. The number of nitro benzene ring substituents is 1. The van der Waals surface area contributed by atoms with Gasteiger partial charge in [-0.3, -0.25) is 34.3 Å². The Labute approximate surface area is 834 Å². The van der Waals surface area contributed by atoms with E-state index in [4.69, 9.17) is 32.9 Å². The van der Waals surface area contributed by atoms with Crippen molar-refractivity contribution in [2.75, 3.05) is 21.3 Å². The molecule has 45 nitrogen and oxygen atoms in total. The second-order valence-corrected chi connectivity index (χ2v) is 31.2. The summed E-state index contributed by atoms with van der Waals surface area (Å²) in [5.74, 6) is -2.64. The number of carbonyl (C=O) groups is 4. The van der Waals surface area contributed by atoms with Crippen LogP contribution in [0.15, 0.2) is 346 Å². The van der Waals surface area contributed by atoms with E-state index in [1.165, 1.54) is 135 Å². The number of hydrogen-bond donors (Lipinski definition) is 8. The molecule has 9 heterocycles. The quantitative estimate of drug-likeness (QED) is 0.0143. The van der Waals surface area contributed by atoms with Gasteiger partial charge >= 0.3 is 0 Å². The highest BCUT2D eigenvalue weighted by Gasteiger charge is 2.28. The monoisotopic (exact) mass is 1950 g/mol. The van der Waals surface area contributed by atoms with E-state index >= 15 is 0 Å². The number of aromatic nitrogens is 17. The molecular formula is C103H67N35O10. The maximum Gasteiger partial charge on any atom is 0.271 e. The van der Waals surface area contributed by atoms with E-state index in [1.807, 2.05) is 75.4 Å². The molecule has 0 unspecified atom stereocenters. The number of phenolic OH excluding ortho intramolecular Hbond substituents is 4. The summed E-state index contributed by atoms with van der Waals surface area (Å²) in [5.41, 5.74) is 5.05. The van der Waals surface area contributed by atoms with E-state index < -0.39 is 40.1 Å². The van der Waals surface area contributed by atoms with Crippen molar-refractivity contribution in [1.82, 2.24) is 84.0 Å². The van der Waals surface area contributed by atoms with Crippen LogP contribution in [0.3, 0.4) is 0 Å². The fraction of sp³-hybridized carbons (Fsp3) is 0.0291. The third kappa shape index (κ3) is 21.2. The van der Waals surface area contributed by atoms with E-state index in [2.05, 4.69) is 152 Å². The lowest BCUT2D eigenvalue weighted by Gasteiger charge is -2.13. The number of phenols is 4. The summed E-state index contributed by atoms with van der Waals surface area (Å²) >= 11 is 0. The molecule has 0 saturated carbocycles. The number of aryl methyl sites for hydroxylation is 3. The fourth-order valence-corrected chi connectivity index (χ4v) is 14.6. The normalized spacial score (nSPS) is 10.9. The zero-order valence-corrected chi connectivity index (χ0v) is 77.0. The zero-order valence-electron chi connectivity index (χ0n) is 77.0. The minimum atomic E-state index is -0.713. The number of nitrogens with one attached hydrogen (secondary N) is 4. The predicted octanol–water partition coefficient (Wildman–Crippen LogP) is 23.7. The highest BCUT2D eigenvalue weighted by Crippen LogP contribution is 2.47. The molecule has 0 radical (unpaired) electrons. The Morgan fingerprint density at radius 2 is 0.649 bits per heavy atom. The molecule has 148 heavy (non-hydrogen) atoms. The van der Waals surface area contributed by atoms with Crippen molar-refractivity contribution >= 4 is 170 Å². The van der Waals surface area contributed by atoms with Gasteiger partial charge in [0.05, 0.1) is 84.8 Å². The van der Waals surface area contributed by atoms with Gasteiger partial charge < -0.3 is 41.7 Å². The molecule has 714 valence electrons. The van der Waals surface area contributed by atoms with Gasteiger partial charge in [0.1, 0.15) is 28.6 Å². The van der Waals surface area contributed by atoms with E-state index in [1.54, 1.807) is 134 Å². The summed E-state index contributed by atoms with van der Waals surface area (Å²) in [6.07, 6.45) is 18.8. The van der Waals surface area contributed by atoms with Crippen molar-refractivity contribution in [1.29, 1.82) is 0 Å². The Morgan fingerprint density at radius 1 is 0.324 bits per heavy atom. The van der Waals surface area contributed by atoms with Crippen molar-refractivity contribution in [3.05, 3.63) is 411 Å². The van der Waals surface area contributed by atoms with Gasteiger partial charge in [-0.25, -0.2) is 64.1 Å². The SMILES string of the molecule is [C-]#[N+]c1ccc(NC(=O)c2cc3ccccc3c(N=Nc3c([N+]#[C-])cnn3-c3ncccn3)c2O)nc1.[C-]#[N+]c1cnn(-c2ncccn2)c1N=Nc1c(O)c(C(=O)Nc2ccc(C)cc2)cc2ccccc12.[C-]#[N+]c1cnn(-c2ncccn2)c1N=Nc1c(O)c(C(=O)Nc2ccc(C)cc2C)cc2ccccc12.[C-]#[N+]c1cnn(-c2ncccn2)c1N=Nc1c(O)c(C(=O)Nc2cccc([N+](=O)[O-])c2)cc2ccccc12. The van der Waals surface area contributed by atoms with Crippen LogP contribution in [0.2, 0.25) is 0 Å². The Balaban J connectivity index is 0.000000135. The second kappa shape index (κ2) is 43.8. The van der Waals surface area contributed by atoms with Crippen LogP contribution < -0.4 is 21.3 Å². The maximum atomic E-state index is 13.2. The number of aromatic hydroxyl groups is 4. The van der Waals surface area contributed by atoms with E-state index in [0.29, 0.717) is 60.2 Å². The highest BCUT2D eigenvalue weighted by atomic mass is 16.6. The molecule has 20 rings (SSSR count). The number of benzene rings is 11. The molecule has 8 N–H and O–H groups in total. The van der Waals surface area contributed by atoms with Gasteiger partial charge in [0.25, 0.3) is 75.9 Å². The van der Waals surface area contributed by atoms with Gasteiger partial charge in [0.2, 0.25) is 5.69 Å². The van der Waals surface area contributed by atoms with Crippen LogP contribution in [0.4, 0.5) is 103 Å². The summed E-state index contributed by atoms with van der Waals surface area (Å²) in [4.78, 5) is 117. The van der Waals surface area contributed by atoms with Crippen LogP contribution in [-0.4, -0.2) is 133 Å². The zero-order chi connectivity index (χ0) is 103. The van der Waals surface area contributed by atoms with Crippen molar-refractivity contribution in [3.63, 3.8) is 0 Å². The maximum absolute atomic E-state index is 13.2. The highest BCUT2D eigenvalue weighted by molar-refractivity contribution is 6.15. The average molecular weight is 1950 g/mol. The molecule has 0 atom stereocenters. The van der Waals surface area contributed by atoms with Crippen LogP contribution in [0, 0.1) is 63.7 Å². The molecule has 0 spiro atoms. The molecule has 0 fully saturated rings. The van der Waals surface area contributed by atoms with Gasteiger partial charge in [-0.1, -0.05) is 145 Å². The van der Waals surface area contributed by atoms with E-state index in [-0.39, 0.29) is 144 Å². The third-order valence-corrected chi connectivity index (χ3v) is 21.7. The number of rotatable bonds is 21. The van der Waals surface area contributed by atoms with Crippen molar-refractivity contribution in [3.8, 4) is 46.8 Å². The molecule has 0 aliphatic rings. The number of non-ortho nitro benzene ring substituents is 1. The third-order valence-electron chi connectivity index (χ3n) is 21.7. The van der Waals surface area contributed by atoms with E-state index in [9.17, 15) is 49.7 Å². The van der Waals surface area contributed by atoms with Gasteiger partial charge in [-0.15, -0.1) is 40.9 Å². The smallest absolute Gasteiger partial charge is 0.271 e. The minimum absolute atomic E-state index is 0.0232. The molecule has 20 aromatic rings. The first-order valence-corrected chi connectivity index (χ1v) is 43.6. The fourth-order valence-electron chi connectivity index (χ4n) is 14.6. The van der Waals surface area contributed by atoms with Crippen LogP contribution in [0.25, 0.3) is 91.1 Å². The van der Waals surface area contributed by atoms with Gasteiger partial charge in [0, 0.05) is 107 Å². The molecule has 0 aliphatic heterocycles. The lowest BCUT2D eigenvalue weighted by atomic mass is 10.0. The van der Waals surface area contributed by atoms with Crippen molar-refractivity contribution in [2.45, 2.75) is 20.8 Å². The first-order valence-electron chi connectivity index (χ1n) is 43.6. The first-order chi connectivity index (χ1) is 72.0. The number of nitrogens with zero attached hydrogens (tertiary/aromatic N) is 31. The van der Waals surface area contributed by atoms with E-state index in [0.717, 1.165) is 16.7 Å². The number of hydrogen-bond acceptors (Lipinski definition) is 31. The Kier molecular flexibility index (Phi) is 28.7. The number of carbonyl (C=O) groups excluding carboxylic acids is 4. The van der Waals surface area contributed by atoms with Crippen molar-refractivity contribution in [2.24, 2.45) is 40.9 Å². The Morgan fingerprint density at radius 3 is 0.966 bits per heavy atom. The minimum Gasteiger partial charge on any atom is -0.505 e. The number of fused-ring (bicyclic) bond motifs is 4. The predicted molar refractivity (Wildman–Crippen MR) is 543 cm³/mol. The summed E-state index contributed by atoms with van der Waals surface area (Å²) in [6, 6.07) is 62.5. The molecule has 4 amide bonds. The second-order valence-electron chi connectivity index (χ2n) is 31.2. The van der Waals surface area contributed by atoms with Crippen molar-refractivity contribution < 1.29 is 44.5 Å². The number of amides is 4. The molecule has 0 saturated heterocycles. The molecule has 0 bridgehead atoms. The number of anilines is 4. The van der Waals surface area contributed by atoms with Crippen LogP contribution in [0.1, 0.15) is 58.1 Å². The standard InChI is InChI=1S/C27H20N8O2.C26H18N8O2.C25H14N10O2.C25H15N9O4/c1-16-9-10-21(17(2)13-16)32-26(37)20-14-18-7-4-5-8-19(18)23(24(20)36)33-34-25-22(28-3)15-31-35(25)27-29-11-6-12-30-27;1-16-8-10-18(11-9-16)31-25(36)20-14-17-6-3-4-7-19(17)22(23(20)35)32-33-24-21(27-2)15-30-34(24)26-28-12-5-13-29-26;1-26-16-8-9-20(30-13-16)32-24(37)18-12-15-6-3-4-7-17(15)21(22(18)36)33-34-23-19(27-2)14-31-35(23)25-28-10-5-11-29-25;1-26-20-14-29-33(25-27-10-5-11-28-25)23(20)32-31-21-18-9-3-2-6-15(18)12-19(22(21)35)24(36)30-16-7-4-8-17(13-16)34(37)38/h4-15,36H,1-2H3,(H,32,37);3-15,35H,1H3,(H,31,36);3-14,36H,(H,30,32,37);2-14,35H,(H,30,36). The number of nitro groups is 1. The lowest BCUT2D eigenvalue weighted by molar-refractivity contribution is -0.384. The number of azo groups is 4. The Bertz CT molecular complexity index is 8960. The first kappa shape index (κ1) is 96.8. The van der Waals surface area contributed by atoms with Gasteiger partial charge in [-0.2, -0.15) is 39.1 Å². The number of pyridine rings is 1. The molecular weight excluding hydrogens is 1890 g/mol. The summed E-state index contributed by atoms with van der Waals surface area (Å²) in [5, 5.41) is 121. The molecule has 11 aromatic carbocycles. The average Bonchev–Trinajstić information content (AvgIpc) is 1.09. The van der Waals surface area contributed by atoms with Crippen LogP contribution >= 0.6 is 0 Å². The lowest BCUT2D eigenvalue weighted by Crippen LogP contribution is -2.13. The topological polar surface area (TPSA) is 548 Å². The summed E-state index contributed by atoms with van der Waals surface area (Å²) < 4.78 is 5.05. The van der Waals surface area contributed by atoms with Gasteiger partial charge in [0.15, 0.2) is 46.3 Å². The van der Waals surface area contributed by atoms with Gasteiger partial charge in [-0.05, 0) is 127 Å².